The SMILES string of the molecule is CCOc1ccc(S(=O)(=O)N2CCOc3ccc(COCc4ccccc4F)cc3C2)cc1. The maximum atomic E-state index is 13.8. The summed E-state index contributed by atoms with van der Waals surface area (Å²) in [5.74, 6) is 0.973. The first-order chi connectivity index (χ1) is 16.0. The first kappa shape index (κ1) is 23.2. The maximum Gasteiger partial charge on any atom is 0.243 e. The summed E-state index contributed by atoms with van der Waals surface area (Å²) in [6.45, 7) is 3.49. The maximum absolute atomic E-state index is 13.8. The van der Waals surface area contributed by atoms with E-state index in [4.69, 9.17) is 14.2 Å². The zero-order valence-corrected chi connectivity index (χ0v) is 19.2. The van der Waals surface area contributed by atoms with Gasteiger partial charge in [-0.1, -0.05) is 24.3 Å². The van der Waals surface area contributed by atoms with Crippen LogP contribution in [-0.4, -0.2) is 32.5 Å². The lowest BCUT2D eigenvalue weighted by molar-refractivity contribution is 0.105. The molecule has 0 aromatic heterocycles. The van der Waals surface area contributed by atoms with Crippen LogP contribution in [0.4, 0.5) is 4.39 Å². The van der Waals surface area contributed by atoms with Gasteiger partial charge in [-0.15, -0.1) is 0 Å². The molecule has 8 heteroatoms. The van der Waals surface area contributed by atoms with Crippen molar-refractivity contribution in [1.82, 2.24) is 4.31 Å². The largest absolute Gasteiger partial charge is 0.494 e. The summed E-state index contributed by atoms with van der Waals surface area (Å²) in [5, 5.41) is 0. The summed E-state index contributed by atoms with van der Waals surface area (Å²) >= 11 is 0. The second-order valence-corrected chi connectivity index (χ2v) is 9.56. The van der Waals surface area contributed by atoms with Gasteiger partial charge in [-0.05, 0) is 55.0 Å². The van der Waals surface area contributed by atoms with Gasteiger partial charge in [-0.25, -0.2) is 12.8 Å². The van der Waals surface area contributed by atoms with E-state index in [1.807, 2.05) is 25.1 Å². The first-order valence-corrected chi connectivity index (χ1v) is 12.2. The van der Waals surface area contributed by atoms with Crippen LogP contribution in [0.15, 0.2) is 71.6 Å². The Morgan fingerprint density at radius 1 is 1.03 bits per heavy atom. The smallest absolute Gasteiger partial charge is 0.243 e. The Balaban J connectivity index is 1.47. The molecule has 0 fully saturated rings. The molecule has 3 aromatic carbocycles. The van der Waals surface area contributed by atoms with E-state index in [1.165, 1.54) is 10.4 Å². The van der Waals surface area contributed by atoms with Crippen LogP contribution in [0, 0.1) is 5.82 Å². The van der Waals surface area contributed by atoms with E-state index in [9.17, 15) is 12.8 Å². The predicted molar refractivity (Wildman–Crippen MR) is 122 cm³/mol. The highest BCUT2D eigenvalue weighted by atomic mass is 32.2. The Bertz CT molecular complexity index is 1200. The van der Waals surface area contributed by atoms with Crippen LogP contribution in [0.25, 0.3) is 0 Å². The lowest BCUT2D eigenvalue weighted by Crippen LogP contribution is -2.32. The van der Waals surface area contributed by atoms with Crippen molar-refractivity contribution < 1.29 is 27.0 Å². The molecule has 3 aromatic rings. The molecular weight excluding hydrogens is 445 g/mol. The highest BCUT2D eigenvalue weighted by Crippen LogP contribution is 2.28. The van der Waals surface area contributed by atoms with E-state index >= 15 is 0 Å². The van der Waals surface area contributed by atoms with E-state index < -0.39 is 10.0 Å². The van der Waals surface area contributed by atoms with E-state index in [-0.39, 0.29) is 43.6 Å². The Morgan fingerprint density at radius 3 is 2.58 bits per heavy atom. The van der Waals surface area contributed by atoms with E-state index in [0.717, 1.165) is 11.1 Å². The number of fused-ring (bicyclic) bond motifs is 1. The summed E-state index contributed by atoms with van der Waals surface area (Å²) < 4.78 is 58.5. The van der Waals surface area contributed by atoms with Gasteiger partial charge in [0.15, 0.2) is 0 Å². The first-order valence-electron chi connectivity index (χ1n) is 10.8. The zero-order chi connectivity index (χ0) is 23.3. The number of hydrogen-bond donors (Lipinski definition) is 0. The molecule has 4 rings (SSSR count). The molecule has 0 radical (unpaired) electrons. The fraction of sp³-hybridized carbons (Fsp3) is 0.280. The number of nitrogens with zero attached hydrogens (tertiary/aromatic N) is 1. The third-order valence-corrected chi connectivity index (χ3v) is 7.19. The number of ether oxygens (including phenoxy) is 3. The fourth-order valence-corrected chi connectivity index (χ4v) is 5.04. The molecule has 0 aliphatic carbocycles. The topological polar surface area (TPSA) is 65.1 Å². The van der Waals surface area contributed by atoms with Crippen molar-refractivity contribution in [1.29, 1.82) is 0 Å². The number of rotatable bonds is 8. The Kier molecular flexibility index (Phi) is 7.27. The van der Waals surface area contributed by atoms with Crippen LogP contribution in [0.1, 0.15) is 23.6 Å². The zero-order valence-electron chi connectivity index (χ0n) is 18.4. The molecule has 0 N–H and O–H groups in total. The quantitative estimate of drug-likeness (QED) is 0.483. The third kappa shape index (κ3) is 5.52. The van der Waals surface area contributed by atoms with Crippen molar-refractivity contribution in [2.24, 2.45) is 0 Å². The molecular formula is C25H26FNO5S. The average molecular weight is 472 g/mol. The van der Waals surface area contributed by atoms with Gasteiger partial charge in [-0.2, -0.15) is 4.31 Å². The van der Waals surface area contributed by atoms with Gasteiger partial charge in [0.25, 0.3) is 0 Å². The van der Waals surface area contributed by atoms with E-state index in [1.54, 1.807) is 42.5 Å². The normalized spacial score (nSPS) is 14.2. The minimum atomic E-state index is -3.71. The molecule has 0 atom stereocenters. The molecule has 0 saturated heterocycles. The van der Waals surface area contributed by atoms with Gasteiger partial charge in [0.1, 0.15) is 23.9 Å². The molecule has 0 bridgehead atoms. The van der Waals surface area contributed by atoms with E-state index in [0.29, 0.717) is 23.7 Å². The summed E-state index contributed by atoms with van der Waals surface area (Å²) in [6, 6.07) is 18.5. The van der Waals surface area contributed by atoms with Crippen molar-refractivity contribution >= 4 is 10.0 Å². The Morgan fingerprint density at radius 2 is 1.82 bits per heavy atom. The van der Waals surface area contributed by atoms with Crippen LogP contribution < -0.4 is 9.47 Å². The van der Waals surface area contributed by atoms with Crippen LogP contribution in [0.3, 0.4) is 0 Å². The van der Waals surface area contributed by atoms with E-state index in [2.05, 4.69) is 0 Å². The van der Waals surface area contributed by atoms with Gasteiger partial charge in [0.05, 0.1) is 24.7 Å². The summed E-state index contributed by atoms with van der Waals surface area (Å²) in [7, 11) is -3.71. The lowest BCUT2D eigenvalue weighted by atomic mass is 10.1. The monoisotopic (exact) mass is 471 g/mol. The molecule has 1 heterocycles. The fourth-order valence-electron chi connectivity index (χ4n) is 3.64. The molecule has 0 amide bonds. The molecule has 0 saturated carbocycles. The molecule has 1 aliphatic rings. The summed E-state index contributed by atoms with van der Waals surface area (Å²) in [4.78, 5) is 0.207. The second kappa shape index (κ2) is 10.3. The van der Waals surface area contributed by atoms with Crippen LogP contribution >= 0.6 is 0 Å². The standard InChI is InChI=1S/C25H26FNO5S/c1-2-31-22-8-10-23(11-9-22)33(28,29)27-13-14-32-25-12-7-19(15-21(25)16-27)17-30-18-20-5-3-4-6-24(20)26/h3-12,15H,2,13-14,16-18H2,1H3. The minimum absolute atomic E-state index is 0.151. The van der Waals surface area contributed by atoms with Crippen LogP contribution in [-0.2, 0) is 34.5 Å². The Hall–Kier alpha value is -2.94. The average Bonchev–Trinajstić information content (AvgIpc) is 3.04. The van der Waals surface area contributed by atoms with Crippen LogP contribution in [0.5, 0.6) is 11.5 Å². The van der Waals surface area contributed by atoms with Crippen molar-refractivity contribution in [2.75, 3.05) is 19.8 Å². The second-order valence-electron chi connectivity index (χ2n) is 7.62. The van der Waals surface area contributed by atoms with Gasteiger partial charge in [-0.3, -0.25) is 0 Å². The van der Waals surface area contributed by atoms with Crippen LogP contribution in [0.2, 0.25) is 0 Å². The molecule has 174 valence electrons. The van der Waals surface area contributed by atoms with Gasteiger partial charge in [0, 0.05) is 24.2 Å². The molecule has 0 spiro atoms. The highest BCUT2D eigenvalue weighted by molar-refractivity contribution is 7.89. The van der Waals surface area contributed by atoms with Crippen molar-refractivity contribution in [3.8, 4) is 11.5 Å². The Labute approximate surface area is 193 Å². The highest BCUT2D eigenvalue weighted by Gasteiger charge is 2.28. The van der Waals surface area contributed by atoms with Crippen molar-refractivity contribution in [3.05, 3.63) is 89.2 Å². The van der Waals surface area contributed by atoms with Gasteiger partial charge < -0.3 is 14.2 Å². The third-order valence-electron chi connectivity index (χ3n) is 5.33. The summed E-state index contributed by atoms with van der Waals surface area (Å²) in [6.07, 6.45) is 0. The molecule has 33 heavy (non-hydrogen) atoms. The van der Waals surface area contributed by atoms with Gasteiger partial charge >= 0.3 is 0 Å². The van der Waals surface area contributed by atoms with Gasteiger partial charge in [0.2, 0.25) is 10.0 Å². The van der Waals surface area contributed by atoms with Crippen molar-refractivity contribution in [3.63, 3.8) is 0 Å². The number of halogens is 1. The minimum Gasteiger partial charge on any atom is -0.494 e. The number of benzene rings is 3. The molecule has 0 unspecified atom stereocenters. The number of hydrogen-bond acceptors (Lipinski definition) is 5. The molecule has 6 nitrogen and oxygen atoms in total. The number of sulfonamides is 1. The lowest BCUT2D eigenvalue weighted by Gasteiger charge is -2.20. The molecule has 1 aliphatic heterocycles. The van der Waals surface area contributed by atoms with Crippen molar-refractivity contribution in [2.45, 2.75) is 31.6 Å². The summed E-state index contributed by atoms with van der Waals surface area (Å²) in [5.41, 5.74) is 2.10. The predicted octanol–water partition coefficient (Wildman–Crippen LogP) is 4.52.